The highest BCUT2D eigenvalue weighted by molar-refractivity contribution is 5.89. The zero-order valence-electron chi connectivity index (χ0n) is 7.97. The number of hydrogen-bond donors (Lipinski definition) is 1. The van der Waals surface area contributed by atoms with E-state index in [0.29, 0.717) is 5.56 Å². The average molecular weight is 204 g/mol. The first-order chi connectivity index (χ1) is 7.31. The summed E-state index contributed by atoms with van der Waals surface area (Å²) < 4.78 is 5.15. The van der Waals surface area contributed by atoms with E-state index in [2.05, 4.69) is 20.5 Å². The number of carbonyl (C=O) groups excluding carboxylic acids is 1. The summed E-state index contributed by atoms with van der Waals surface area (Å²) in [5.74, 6) is -0.185. The highest BCUT2D eigenvalue weighted by Crippen LogP contribution is 2.15. The summed E-state index contributed by atoms with van der Waals surface area (Å²) in [6.45, 7) is 0. The molecule has 0 aliphatic rings. The lowest BCUT2D eigenvalue weighted by molar-refractivity contribution is 0.0929. The average Bonchev–Trinajstić information content (AvgIpc) is 2.78. The van der Waals surface area contributed by atoms with Gasteiger partial charge in [0.25, 0.3) is 0 Å². The van der Waals surface area contributed by atoms with Gasteiger partial charge in [-0.2, -0.15) is 0 Å². The molecular formula is C9H8N4O2. The van der Waals surface area contributed by atoms with Gasteiger partial charge in [-0.3, -0.25) is 9.78 Å². The first kappa shape index (κ1) is 9.32. The second-order valence-electron chi connectivity index (χ2n) is 2.73. The molecule has 0 spiro atoms. The van der Waals surface area contributed by atoms with Gasteiger partial charge in [0.05, 0.1) is 5.56 Å². The lowest BCUT2D eigenvalue weighted by atomic mass is 10.3. The van der Waals surface area contributed by atoms with Gasteiger partial charge in [-0.25, -0.2) is 0 Å². The molecule has 2 aromatic rings. The van der Waals surface area contributed by atoms with Crippen molar-refractivity contribution in [1.29, 1.82) is 0 Å². The van der Waals surface area contributed by atoms with Crippen LogP contribution in [0.3, 0.4) is 0 Å². The van der Waals surface area contributed by atoms with Gasteiger partial charge < -0.3 is 9.73 Å². The second kappa shape index (κ2) is 3.87. The minimum atomic E-state index is -0.405. The summed E-state index contributed by atoms with van der Waals surface area (Å²) in [7, 11) is 1.50. The molecule has 0 radical (unpaired) electrons. The lowest BCUT2D eigenvalue weighted by Crippen LogP contribution is -2.17. The van der Waals surface area contributed by atoms with Gasteiger partial charge in [0.15, 0.2) is 0 Å². The van der Waals surface area contributed by atoms with E-state index in [1.165, 1.54) is 7.05 Å². The van der Waals surface area contributed by atoms with Crippen molar-refractivity contribution < 1.29 is 9.21 Å². The first-order valence-corrected chi connectivity index (χ1v) is 4.27. The Morgan fingerprint density at radius 2 is 2.33 bits per heavy atom. The van der Waals surface area contributed by atoms with E-state index >= 15 is 0 Å². The van der Waals surface area contributed by atoms with Crippen molar-refractivity contribution in [2.75, 3.05) is 7.05 Å². The maximum atomic E-state index is 11.1. The molecule has 2 aromatic heterocycles. The van der Waals surface area contributed by atoms with E-state index in [1.807, 2.05) is 0 Å². The highest BCUT2D eigenvalue weighted by Gasteiger charge is 2.13. The number of aromatic nitrogens is 3. The van der Waals surface area contributed by atoms with E-state index in [1.54, 1.807) is 24.5 Å². The minimum Gasteiger partial charge on any atom is -0.412 e. The standard InChI is InChI=1S/C9H8N4O2/c1-10-7(14)9-13-12-8(15-9)6-3-2-4-11-5-6/h2-5H,1H3,(H,10,14). The SMILES string of the molecule is CNC(=O)c1nnc(-c2cccnc2)o1. The molecule has 2 rings (SSSR count). The van der Waals surface area contributed by atoms with Crippen molar-refractivity contribution in [2.24, 2.45) is 0 Å². The molecule has 15 heavy (non-hydrogen) atoms. The number of rotatable bonds is 2. The van der Waals surface area contributed by atoms with Gasteiger partial charge in [0, 0.05) is 19.4 Å². The van der Waals surface area contributed by atoms with E-state index < -0.39 is 5.91 Å². The Morgan fingerprint density at radius 3 is 3.00 bits per heavy atom. The van der Waals surface area contributed by atoms with Gasteiger partial charge in [-0.05, 0) is 12.1 Å². The third-order valence-electron chi connectivity index (χ3n) is 1.75. The Kier molecular flexibility index (Phi) is 2.40. The number of carbonyl (C=O) groups is 1. The van der Waals surface area contributed by atoms with Crippen LogP contribution in [0.25, 0.3) is 11.5 Å². The minimum absolute atomic E-state index is 0.0589. The van der Waals surface area contributed by atoms with Crippen LogP contribution < -0.4 is 5.32 Å². The summed E-state index contributed by atoms with van der Waals surface area (Å²) in [5.41, 5.74) is 0.681. The molecule has 2 heterocycles. The van der Waals surface area contributed by atoms with Crippen LogP contribution in [-0.2, 0) is 0 Å². The van der Waals surface area contributed by atoms with Crippen LogP contribution in [0.1, 0.15) is 10.7 Å². The van der Waals surface area contributed by atoms with Gasteiger partial charge in [-0.15, -0.1) is 10.2 Å². The van der Waals surface area contributed by atoms with Crippen molar-refractivity contribution in [3.05, 3.63) is 30.4 Å². The van der Waals surface area contributed by atoms with Gasteiger partial charge in [0.1, 0.15) is 0 Å². The summed E-state index contributed by atoms with van der Waals surface area (Å²) in [5, 5.41) is 9.74. The fourth-order valence-electron chi connectivity index (χ4n) is 1.03. The molecule has 0 saturated carbocycles. The van der Waals surface area contributed by atoms with Crippen LogP contribution in [0.15, 0.2) is 28.9 Å². The number of nitrogens with one attached hydrogen (secondary N) is 1. The molecule has 0 atom stereocenters. The quantitative estimate of drug-likeness (QED) is 0.769. The summed E-state index contributed by atoms with van der Waals surface area (Å²) >= 11 is 0. The molecule has 6 heteroatoms. The largest absolute Gasteiger partial charge is 0.412 e. The second-order valence-corrected chi connectivity index (χ2v) is 2.73. The zero-order valence-corrected chi connectivity index (χ0v) is 7.97. The molecule has 0 unspecified atom stereocenters. The Balaban J connectivity index is 2.32. The topological polar surface area (TPSA) is 80.9 Å². The third kappa shape index (κ3) is 1.83. The smallest absolute Gasteiger partial charge is 0.308 e. The number of pyridine rings is 1. The van der Waals surface area contributed by atoms with E-state index in [0.717, 1.165) is 0 Å². The molecule has 6 nitrogen and oxygen atoms in total. The number of hydrogen-bond acceptors (Lipinski definition) is 5. The molecule has 0 bridgehead atoms. The fraction of sp³-hybridized carbons (Fsp3) is 0.111. The van der Waals surface area contributed by atoms with Crippen LogP contribution >= 0.6 is 0 Å². The van der Waals surface area contributed by atoms with Crippen molar-refractivity contribution in [3.63, 3.8) is 0 Å². The van der Waals surface area contributed by atoms with Gasteiger partial charge in [-0.1, -0.05) is 0 Å². The van der Waals surface area contributed by atoms with Gasteiger partial charge in [0.2, 0.25) is 5.89 Å². The van der Waals surface area contributed by atoms with Crippen LogP contribution in [0.4, 0.5) is 0 Å². The van der Waals surface area contributed by atoms with E-state index in [9.17, 15) is 4.79 Å². The molecule has 1 N–H and O–H groups in total. The lowest BCUT2D eigenvalue weighted by Gasteiger charge is -1.92. The summed E-state index contributed by atoms with van der Waals surface area (Å²) in [6, 6.07) is 3.52. The Labute approximate surface area is 85.4 Å². The third-order valence-corrected chi connectivity index (χ3v) is 1.75. The Hall–Kier alpha value is -2.24. The monoisotopic (exact) mass is 204 g/mol. The molecular weight excluding hydrogens is 196 g/mol. The van der Waals surface area contributed by atoms with Crippen LogP contribution in [0.5, 0.6) is 0 Å². The van der Waals surface area contributed by atoms with Crippen molar-refractivity contribution in [1.82, 2.24) is 20.5 Å². The Bertz CT molecular complexity index is 466. The fourth-order valence-corrected chi connectivity index (χ4v) is 1.03. The van der Waals surface area contributed by atoms with Crippen molar-refractivity contribution in [3.8, 4) is 11.5 Å². The van der Waals surface area contributed by atoms with Crippen LogP contribution in [-0.4, -0.2) is 28.1 Å². The summed E-state index contributed by atoms with van der Waals surface area (Å²) in [6.07, 6.45) is 3.22. The maximum Gasteiger partial charge on any atom is 0.308 e. The molecule has 0 saturated heterocycles. The molecule has 76 valence electrons. The number of amides is 1. The maximum absolute atomic E-state index is 11.1. The molecule has 0 fully saturated rings. The molecule has 0 aliphatic carbocycles. The van der Waals surface area contributed by atoms with E-state index in [-0.39, 0.29) is 11.8 Å². The highest BCUT2D eigenvalue weighted by atomic mass is 16.4. The predicted octanol–water partition coefficient (Wildman–Crippen LogP) is 0.491. The molecule has 0 aromatic carbocycles. The van der Waals surface area contributed by atoms with Crippen molar-refractivity contribution in [2.45, 2.75) is 0 Å². The van der Waals surface area contributed by atoms with Crippen LogP contribution in [0, 0.1) is 0 Å². The van der Waals surface area contributed by atoms with Gasteiger partial charge >= 0.3 is 11.8 Å². The Morgan fingerprint density at radius 1 is 1.47 bits per heavy atom. The molecule has 0 aliphatic heterocycles. The predicted molar refractivity (Wildman–Crippen MR) is 50.9 cm³/mol. The summed E-state index contributed by atoms with van der Waals surface area (Å²) in [4.78, 5) is 15.0. The first-order valence-electron chi connectivity index (χ1n) is 4.27. The normalized spacial score (nSPS) is 9.93. The molecule has 1 amide bonds. The number of nitrogens with zero attached hydrogens (tertiary/aromatic N) is 3. The van der Waals surface area contributed by atoms with E-state index in [4.69, 9.17) is 4.42 Å². The zero-order chi connectivity index (χ0) is 10.7. The van der Waals surface area contributed by atoms with Crippen LogP contribution in [0.2, 0.25) is 0 Å². The van der Waals surface area contributed by atoms with Crippen molar-refractivity contribution >= 4 is 5.91 Å².